The normalized spacial score (nSPS) is 14.3. The molecule has 1 heterocycles. The second-order valence-corrected chi connectivity index (χ2v) is 6.94. The van der Waals surface area contributed by atoms with E-state index in [0.29, 0.717) is 17.1 Å². The molecule has 0 aliphatic carbocycles. The minimum absolute atomic E-state index is 0.135. The van der Waals surface area contributed by atoms with E-state index in [9.17, 15) is 9.59 Å². The number of benzene rings is 3. The van der Waals surface area contributed by atoms with Crippen LogP contribution >= 0.6 is 0 Å². The Bertz CT molecular complexity index is 1240. The van der Waals surface area contributed by atoms with Crippen molar-refractivity contribution in [1.82, 2.24) is 0 Å². The van der Waals surface area contributed by atoms with Gasteiger partial charge in [-0.05, 0) is 40.6 Å². The molecular weight excluding hydrogens is 410 g/mol. The zero-order valence-electron chi connectivity index (χ0n) is 17.9. The summed E-state index contributed by atoms with van der Waals surface area (Å²) in [4.78, 5) is 28.7. The first-order chi connectivity index (χ1) is 15.5. The first-order valence-corrected chi connectivity index (χ1v) is 10.0. The second kappa shape index (κ2) is 8.93. The van der Waals surface area contributed by atoms with Crippen molar-refractivity contribution in [3.05, 3.63) is 71.4 Å². The molecule has 32 heavy (non-hydrogen) atoms. The molecule has 0 N–H and O–H groups in total. The smallest absolute Gasteiger partial charge is 0.363 e. The molecule has 0 saturated heterocycles. The number of carbonyl (C=O) groups excluding carboxylic acids is 2. The van der Waals surface area contributed by atoms with Gasteiger partial charge in [0.15, 0.2) is 17.2 Å². The van der Waals surface area contributed by atoms with Crippen LogP contribution in [-0.4, -0.2) is 32.1 Å². The summed E-state index contributed by atoms with van der Waals surface area (Å²) in [7, 11) is 2.91. The molecule has 0 atom stereocenters. The fourth-order valence-electron chi connectivity index (χ4n) is 3.36. The van der Waals surface area contributed by atoms with E-state index in [0.717, 1.165) is 16.3 Å². The molecule has 162 valence electrons. The number of hydrogen-bond donors (Lipinski definition) is 0. The molecule has 3 aromatic carbocycles. The van der Waals surface area contributed by atoms with Crippen molar-refractivity contribution in [2.75, 3.05) is 14.2 Å². The molecule has 0 saturated carbocycles. The van der Waals surface area contributed by atoms with Crippen LogP contribution < -0.4 is 14.2 Å². The van der Waals surface area contributed by atoms with Gasteiger partial charge in [-0.15, -0.1) is 0 Å². The van der Waals surface area contributed by atoms with E-state index < -0.39 is 11.9 Å². The van der Waals surface area contributed by atoms with E-state index in [1.165, 1.54) is 14.2 Å². The van der Waals surface area contributed by atoms with E-state index in [2.05, 4.69) is 4.99 Å². The lowest BCUT2D eigenvalue weighted by Crippen LogP contribution is -2.08. The van der Waals surface area contributed by atoms with Gasteiger partial charge in [-0.1, -0.05) is 43.3 Å². The number of carbonyl (C=O) groups is 2. The minimum atomic E-state index is -0.563. The largest absolute Gasteiger partial charge is 0.493 e. The van der Waals surface area contributed by atoms with Crippen LogP contribution in [-0.2, 0) is 14.3 Å². The molecule has 1 aliphatic heterocycles. The van der Waals surface area contributed by atoms with Crippen LogP contribution in [0.2, 0.25) is 0 Å². The zero-order valence-corrected chi connectivity index (χ0v) is 17.9. The fourth-order valence-corrected chi connectivity index (χ4v) is 3.36. The monoisotopic (exact) mass is 431 g/mol. The van der Waals surface area contributed by atoms with Gasteiger partial charge >= 0.3 is 11.9 Å². The first kappa shape index (κ1) is 21.1. The molecule has 0 fully saturated rings. The number of ether oxygens (including phenoxy) is 4. The van der Waals surface area contributed by atoms with Gasteiger partial charge in [-0.2, -0.15) is 0 Å². The van der Waals surface area contributed by atoms with Crippen LogP contribution in [0.1, 0.15) is 24.5 Å². The van der Waals surface area contributed by atoms with Gasteiger partial charge in [-0.25, -0.2) is 9.79 Å². The molecular formula is C25H21NO6. The van der Waals surface area contributed by atoms with Gasteiger partial charge in [0.05, 0.1) is 14.2 Å². The lowest BCUT2D eigenvalue weighted by atomic mass is 10.0. The Morgan fingerprint density at radius 2 is 1.72 bits per heavy atom. The van der Waals surface area contributed by atoms with Crippen molar-refractivity contribution in [2.24, 2.45) is 4.99 Å². The van der Waals surface area contributed by atoms with E-state index >= 15 is 0 Å². The molecule has 0 radical (unpaired) electrons. The van der Waals surface area contributed by atoms with Crippen molar-refractivity contribution in [1.29, 1.82) is 0 Å². The Balaban J connectivity index is 1.74. The van der Waals surface area contributed by atoms with Crippen molar-refractivity contribution in [3.8, 4) is 17.2 Å². The summed E-state index contributed by atoms with van der Waals surface area (Å²) >= 11 is 0. The SMILES string of the molecule is CCC(=O)Oc1c(OC)cc(C=C2N=C(c3cccc4ccccc34)OC2=O)cc1OC. The van der Waals surface area contributed by atoms with Gasteiger partial charge in [0, 0.05) is 12.0 Å². The molecule has 0 aromatic heterocycles. The molecule has 0 spiro atoms. The summed E-state index contributed by atoms with van der Waals surface area (Å²) < 4.78 is 21.5. The number of rotatable bonds is 6. The second-order valence-electron chi connectivity index (χ2n) is 6.94. The highest BCUT2D eigenvalue weighted by atomic mass is 16.6. The summed E-state index contributed by atoms with van der Waals surface area (Å²) in [6.45, 7) is 1.69. The average molecular weight is 431 g/mol. The number of hydrogen-bond acceptors (Lipinski definition) is 7. The minimum Gasteiger partial charge on any atom is -0.493 e. The van der Waals surface area contributed by atoms with Crippen LogP contribution in [0, 0.1) is 0 Å². The third kappa shape index (κ3) is 4.05. The van der Waals surface area contributed by atoms with Gasteiger partial charge in [-0.3, -0.25) is 4.79 Å². The van der Waals surface area contributed by atoms with E-state index in [-0.39, 0.29) is 23.8 Å². The predicted molar refractivity (Wildman–Crippen MR) is 120 cm³/mol. The zero-order chi connectivity index (χ0) is 22.7. The maximum Gasteiger partial charge on any atom is 0.363 e. The van der Waals surface area contributed by atoms with Gasteiger partial charge in [0.1, 0.15) is 0 Å². The van der Waals surface area contributed by atoms with Gasteiger partial charge in [0.2, 0.25) is 11.6 Å². The number of esters is 2. The van der Waals surface area contributed by atoms with Crippen molar-refractivity contribution >= 4 is 34.7 Å². The lowest BCUT2D eigenvalue weighted by molar-refractivity contribution is -0.134. The molecule has 7 nitrogen and oxygen atoms in total. The Kier molecular flexibility index (Phi) is 5.89. The molecule has 3 aromatic rings. The van der Waals surface area contributed by atoms with Crippen molar-refractivity contribution in [2.45, 2.75) is 13.3 Å². The van der Waals surface area contributed by atoms with Gasteiger partial charge < -0.3 is 18.9 Å². The van der Waals surface area contributed by atoms with Crippen molar-refractivity contribution < 1.29 is 28.5 Å². The number of fused-ring (bicyclic) bond motifs is 1. The summed E-state index contributed by atoms with van der Waals surface area (Å²) in [5.74, 6) is 0.0254. The maximum atomic E-state index is 12.5. The standard InChI is InChI=1S/C25H21NO6/c1-4-22(27)31-23-20(29-2)13-15(14-21(23)30-3)12-19-25(28)32-24(26-19)18-11-7-9-16-8-5-6-10-17(16)18/h5-14H,4H2,1-3H3. The van der Waals surface area contributed by atoms with E-state index in [4.69, 9.17) is 18.9 Å². The number of aliphatic imine (C=N–C) groups is 1. The lowest BCUT2D eigenvalue weighted by Gasteiger charge is -2.13. The van der Waals surface area contributed by atoms with Crippen LogP contribution in [0.3, 0.4) is 0 Å². The summed E-state index contributed by atoms with van der Waals surface area (Å²) in [6.07, 6.45) is 1.77. The highest BCUT2D eigenvalue weighted by molar-refractivity contribution is 6.17. The van der Waals surface area contributed by atoms with Crippen LogP contribution in [0.4, 0.5) is 0 Å². The Hall–Kier alpha value is -4.13. The van der Waals surface area contributed by atoms with E-state index in [1.807, 2.05) is 42.5 Å². The maximum absolute atomic E-state index is 12.5. The third-order valence-corrected chi connectivity index (χ3v) is 4.93. The number of nitrogens with zero attached hydrogens (tertiary/aromatic N) is 1. The highest BCUT2D eigenvalue weighted by Gasteiger charge is 2.26. The molecule has 1 aliphatic rings. The quantitative estimate of drug-likeness (QED) is 0.324. The number of methoxy groups -OCH3 is 2. The third-order valence-electron chi connectivity index (χ3n) is 4.93. The molecule has 0 amide bonds. The van der Waals surface area contributed by atoms with Crippen LogP contribution in [0.25, 0.3) is 16.8 Å². The van der Waals surface area contributed by atoms with Crippen LogP contribution in [0.15, 0.2) is 65.3 Å². The number of cyclic esters (lactones) is 1. The predicted octanol–water partition coefficient (Wildman–Crippen LogP) is 4.52. The van der Waals surface area contributed by atoms with Gasteiger partial charge in [0.25, 0.3) is 0 Å². The fraction of sp³-hybridized carbons (Fsp3) is 0.160. The summed E-state index contributed by atoms with van der Waals surface area (Å²) in [6, 6.07) is 16.8. The molecule has 0 unspecified atom stereocenters. The highest BCUT2D eigenvalue weighted by Crippen LogP contribution is 2.39. The summed E-state index contributed by atoms with van der Waals surface area (Å²) in [5, 5.41) is 1.96. The van der Waals surface area contributed by atoms with E-state index in [1.54, 1.807) is 25.1 Å². The summed E-state index contributed by atoms with van der Waals surface area (Å²) in [5.41, 5.74) is 1.44. The molecule has 7 heteroatoms. The Labute approximate surface area is 184 Å². The Morgan fingerprint density at radius 3 is 2.41 bits per heavy atom. The first-order valence-electron chi connectivity index (χ1n) is 10.0. The molecule has 4 rings (SSSR count). The van der Waals surface area contributed by atoms with Crippen LogP contribution in [0.5, 0.6) is 17.2 Å². The topological polar surface area (TPSA) is 83.4 Å². The molecule has 0 bridgehead atoms. The van der Waals surface area contributed by atoms with Crippen molar-refractivity contribution in [3.63, 3.8) is 0 Å². The Morgan fingerprint density at radius 1 is 1.03 bits per heavy atom. The average Bonchev–Trinajstić information content (AvgIpc) is 3.18.